The molecule has 0 radical (unpaired) electrons. The van der Waals surface area contributed by atoms with Crippen molar-refractivity contribution < 1.29 is 23.8 Å². The zero-order valence-electron chi connectivity index (χ0n) is 14.1. The summed E-state index contributed by atoms with van der Waals surface area (Å²) in [4.78, 5) is 23.6. The van der Waals surface area contributed by atoms with E-state index in [0.717, 1.165) is 25.7 Å². The SMILES string of the molecule is Cc1coc(CC(=O)O)c1C(=O)NC1CCOC2(CCCCC2)C1. The number of carboxylic acid groups (broad SMARTS) is 1. The molecule has 1 atom stereocenters. The predicted octanol–water partition coefficient (Wildman–Crippen LogP) is 2.83. The fraction of sp³-hybridized carbons (Fsp3) is 0.667. The van der Waals surface area contributed by atoms with Crippen molar-refractivity contribution in [3.63, 3.8) is 0 Å². The van der Waals surface area contributed by atoms with E-state index in [1.165, 1.54) is 25.5 Å². The van der Waals surface area contributed by atoms with Crippen LogP contribution < -0.4 is 5.32 Å². The number of carbonyl (C=O) groups is 2. The van der Waals surface area contributed by atoms with Crippen LogP contribution in [-0.4, -0.2) is 35.2 Å². The van der Waals surface area contributed by atoms with Gasteiger partial charge in [-0.2, -0.15) is 0 Å². The second-order valence-corrected chi connectivity index (χ2v) is 7.04. The normalized spacial score (nSPS) is 23.1. The fourth-order valence-electron chi connectivity index (χ4n) is 4.02. The van der Waals surface area contributed by atoms with Gasteiger partial charge in [-0.25, -0.2) is 0 Å². The minimum atomic E-state index is -1.01. The summed E-state index contributed by atoms with van der Waals surface area (Å²) < 4.78 is 11.3. The second kappa shape index (κ2) is 6.97. The molecule has 132 valence electrons. The van der Waals surface area contributed by atoms with Gasteiger partial charge in [0, 0.05) is 18.2 Å². The van der Waals surface area contributed by atoms with E-state index in [2.05, 4.69) is 5.32 Å². The van der Waals surface area contributed by atoms with Crippen molar-refractivity contribution in [1.29, 1.82) is 0 Å². The number of aliphatic carboxylic acids is 1. The van der Waals surface area contributed by atoms with Crippen molar-refractivity contribution >= 4 is 11.9 Å². The van der Waals surface area contributed by atoms with Gasteiger partial charge in [-0.1, -0.05) is 19.3 Å². The molecule has 2 heterocycles. The Balaban J connectivity index is 1.68. The molecule has 6 nitrogen and oxygen atoms in total. The van der Waals surface area contributed by atoms with Gasteiger partial charge in [0.05, 0.1) is 17.4 Å². The molecule has 1 aliphatic heterocycles. The van der Waals surface area contributed by atoms with E-state index in [1.807, 2.05) is 0 Å². The maximum Gasteiger partial charge on any atom is 0.311 e. The van der Waals surface area contributed by atoms with Crippen LogP contribution in [0.1, 0.15) is 66.6 Å². The highest BCUT2D eigenvalue weighted by molar-refractivity contribution is 5.97. The minimum Gasteiger partial charge on any atom is -0.481 e. The van der Waals surface area contributed by atoms with Crippen molar-refractivity contribution in [3.8, 4) is 0 Å². The molecule has 0 aromatic carbocycles. The van der Waals surface area contributed by atoms with Crippen LogP contribution in [-0.2, 0) is 16.0 Å². The van der Waals surface area contributed by atoms with E-state index < -0.39 is 5.97 Å². The molecule has 1 unspecified atom stereocenters. The summed E-state index contributed by atoms with van der Waals surface area (Å²) in [7, 11) is 0. The van der Waals surface area contributed by atoms with Crippen LogP contribution in [0.3, 0.4) is 0 Å². The molecule has 1 aromatic heterocycles. The minimum absolute atomic E-state index is 0.0660. The highest BCUT2D eigenvalue weighted by Crippen LogP contribution is 2.38. The largest absolute Gasteiger partial charge is 0.481 e. The van der Waals surface area contributed by atoms with E-state index in [4.69, 9.17) is 14.3 Å². The first-order chi connectivity index (χ1) is 11.5. The monoisotopic (exact) mass is 335 g/mol. The van der Waals surface area contributed by atoms with Gasteiger partial charge >= 0.3 is 5.97 Å². The molecule has 1 aromatic rings. The first kappa shape index (κ1) is 17.0. The molecule has 2 fully saturated rings. The summed E-state index contributed by atoms with van der Waals surface area (Å²) >= 11 is 0. The maximum atomic E-state index is 12.7. The number of furan rings is 1. The Labute approximate surface area is 141 Å². The molecule has 6 heteroatoms. The van der Waals surface area contributed by atoms with E-state index in [0.29, 0.717) is 17.7 Å². The number of hydrogen-bond donors (Lipinski definition) is 2. The van der Waals surface area contributed by atoms with Crippen LogP contribution in [0.25, 0.3) is 0 Å². The summed E-state index contributed by atoms with van der Waals surface area (Å²) in [5, 5.41) is 12.0. The summed E-state index contributed by atoms with van der Waals surface area (Å²) in [6.07, 6.45) is 8.54. The molecule has 1 spiro atoms. The lowest BCUT2D eigenvalue weighted by Crippen LogP contribution is -2.49. The summed E-state index contributed by atoms with van der Waals surface area (Å²) in [6, 6.07) is 0.0660. The fourth-order valence-corrected chi connectivity index (χ4v) is 4.02. The average molecular weight is 335 g/mol. The highest BCUT2D eigenvalue weighted by atomic mass is 16.5. The third-order valence-electron chi connectivity index (χ3n) is 5.18. The Bertz CT molecular complexity index is 609. The van der Waals surface area contributed by atoms with Crippen molar-refractivity contribution in [2.45, 2.75) is 69.9 Å². The molecular weight excluding hydrogens is 310 g/mol. The summed E-state index contributed by atoms with van der Waals surface area (Å²) in [5.41, 5.74) is 0.953. The zero-order valence-corrected chi connectivity index (χ0v) is 14.1. The van der Waals surface area contributed by atoms with Gasteiger partial charge in [0.25, 0.3) is 5.91 Å². The molecule has 3 rings (SSSR count). The van der Waals surface area contributed by atoms with Gasteiger partial charge in [0.1, 0.15) is 12.2 Å². The molecule has 2 N–H and O–H groups in total. The van der Waals surface area contributed by atoms with Crippen molar-refractivity contribution in [3.05, 3.63) is 23.2 Å². The zero-order chi connectivity index (χ0) is 17.2. The van der Waals surface area contributed by atoms with Crippen LogP contribution >= 0.6 is 0 Å². The molecule has 1 amide bonds. The number of hydrogen-bond acceptors (Lipinski definition) is 4. The first-order valence-corrected chi connectivity index (χ1v) is 8.73. The summed E-state index contributed by atoms with van der Waals surface area (Å²) in [6.45, 7) is 2.42. The Kier molecular flexibility index (Phi) is 4.94. The smallest absolute Gasteiger partial charge is 0.311 e. The molecular formula is C18H25NO5. The number of nitrogens with one attached hydrogen (secondary N) is 1. The number of amides is 1. The molecule has 2 aliphatic rings. The highest BCUT2D eigenvalue weighted by Gasteiger charge is 2.39. The average Bonchev–Trinajstić information content (AvgIpc) is 2.88. The van der Waals surface area contributed by atoms with Gasteiger partial charge < -0.3 is 19.6 Å². The maximum absolute atomic E-state index is 12.7. The van der Waals surface area contributed by atoms with Gasteiger partial charge in [-0.15, -0.1) is 0 Å². The Morgan fingerprint density at radius 1 is 1.33 bits per heavy atom. The van der Waals surface area contributed by atoms with Gasteiger partial charge in [-0.3, -0.25) is 9.59 Å². The first-order valence-electron chi connectivity index (χ1n) is 8.73. The number of rotatable bonds is 4. The predicted molar refractivity (Wildman–Crippen MR) is 87.0 cm³/mol. The second-order valence-electron chi connectivity index (χ2n) is 7.04. The van der Waals surface area contributed by atoms with E-state index in [9.17, 15) is 9.59 Å². The third-order valence-corrected chi connectivity index (χ3v) is 5.18. The number of carboxylic acids is 1. The van der Waals surface area contributed by atoms with Gasteiger partial charge in [0.2, 0.25) is 0 Å². The lowest BCUT2D eigenvalue weighted by Gasteiger charge is -2.43. The molecule has 0 bridgehead atoms. The third kappa shape index (κ3) is 3.64. The van der Waals surface area contributed by atoms with Crippen LogP contribution in [0.2, 0.25) is 0 Å². The van der Waals surface area contributed by atoms with Gasteiger partial charge in [-0.05, 0) is 32.6 Å². The lowest BCUT2D eigenvalue weighted by atomic mass is 9.78. The molecule has 1 saturated heterocycles. The summed E-state index contributed by atoms with van der Waals surface area (Å²) in [5.74, 6) is -1.03. The van der Waals surface area contributed by atoms with Gasteiger partial charge in [0.15, 0.2) is 0 Å². The standard InChI is InChI=1S/C18H25NO5/c1-12-11-23-14(9-15(20)21)16(12)17(22)19-13-5-8-24-18(10-13)6-3-2-4-7-18/h11,13H,2-10H2,1H3,(H,19,22)(H,20,21). The van der Waals surface area contributed by atoms with Crippen LogP contribution in [0.5, 0.6) is 0 Å². The van der Waals surface area contributed by atoms with Crippen LogP contribution in [0.15, 0.2) is 10.7 Å². The van der Waals surface area contributed by atoms with E-state index >= 15 is 0 Å². The molecule has 1 aliphatic carbocycles. The molecule has 1 saturated carbocycles. The number of ether oxygens (including phenoxy) is 1. The van der Waals surface area contributed by atoms with Crippen LogP contribution in [0.4, 0.5) is 0 Å². The number of aryl methyl sites for hydroxylation is 1. The van der Waals surface area contributed by atoms with Crippen LogP contribution in [0, 0.1) is 6.92 Å². The van der Waals surface area contributed by atoms with Crippen molar-refractivity contribution in [2.75, 3.05) is 6.61 Å². The van der Waals surface area contributed by atoms with Crippen molar-refractivity contribution in [2.24, 2.45) is 0 Å². The quantitative estimate of drug-likeness (QED) is 0.883. The Hall–Kier alpha value is -1.82. The Morgan fingerprint density at radius 3 is 2.79 bits per heavy atom. The van der Waals surface area contributed by atoms with E-state index in [-0.39, 0.29) is 29.7 Å². The Morgan fingerprint density at radius 2 is 2.08 bits per heavy atom. The lowest BCUT2D eigenvalue weighted by molar-refractivity contribution is -0.136. The van der Waals surface area contributed by atoms with Crippen molar-refractivity contribution in [1.82, 2.24) is 5.32 Å². The van der Waals surface area contributed by atoms with E-state index in [1.54, 1.807) is 6.92 Å². The topological polar surface area (TPSA) is 88.8 Å². The number of carbonyl (C=O) groups excluding carboxylic acids is 1. The molecule has 24 heavy (non-hydrogen) atoms.